The molecular formula is C22H23N3O3S. The third-order valence-corrected chi connectivity index (χ3v) is 5.73. The van der Waals surface area contributed by atoms with E-state index in [1.165, 1.54) is 0 Å². The van der Waals surface area contributed by atoms with E-state index in [0.717, 1.165) is 22.0 Å². The lowest BCUT2D eigenvalue weighted by molar-refractivity contribution is -0.126. The van der Waals surface area contributed by atoms with Crippen molar-refractivity contribution in [1.82, 2.24) is 15.2 Å². The highest BCUT2D eigenvalue weighted by molar-refractivity contribution is 7.80. The maximum Gasteiger partial charge on any atom is 0.251 e. The van der Waals surface area contributed by atoms with Gasteiger partial charge in [0, 0.05) is 35.1 Å². The largest absolute Gasteiger partial charge is 0.493 e. The van der Waals surface area contributed by atoms with E-state index in [1.54, 1.807) is 19.1 Å². The van der Waals surface area contributed by atoms with E-state index in [1.807, 2.05) is 49.5 Å². The number of benzene rings is 2. The highest BCUT2D eigenvalue weighted by Gasteiger charge is 2.36. The first-order chi connectivity index (χ1) is 14.0. The minimum absolute atomic E-state index is 0.0262. The average Bonchev–Trinajstić information content (AvgIpc) is 3.26. The predicted molar refractivity (Wildman–Crippen MR) is 117 cm³/mol. The molecule has 0 saturated carbocycles. The summed E-state index contributed by atoms with van der Waals surface area (Å²) in [5, 5.41) is 4.60. The SMILES string of the molecule is COc1cccc([C@H](CN2C(=O)[C@@H](C)NC2=S)c2c[nH]c3ccccc23)c1OC. The summed E-state index contributed by atoms with van der Waals surface area (Å²) in [6.07, 6.45) is 1.99. The fourth-order valence-corrected chi connectivity index (χ4v) is 4.29. The summed E-state index contributed by atoms with van der Waals surface area (Å²) in [5.74, 6) is 1.12. The zero-order valence-corrected chi connectivity index (χ0v) is 17.4. The highest BCUT2D eigenvalue weighted by atomic mass is 32.1. The molecule has 1 amide bonds. The Morgan fingerprint density at radius 2 is 1.90 bits per heavy atom. The number of nitrogens with zero attached hydrogens (tertiary/aromatic N) is 1. The van der Waals surface area contributed by atoms with E-state index in [-0.39, 0.29) is 17.9 Å². The van der Waals surface area contributed by atoms with Crippen LogP contribution in [0.2, 0.25) is 0 Å². The Bertz CT molecular complexity index is 1080. The number of para-hydroxylation sites is 2. The summed E-state index contributed by atoms with van der Waals surface area (Å²) in [7, 11) is 3.25. The lowest BCUT2D eigenvalue weighted by Crippen LogP contribution is -2.35. The van der Waals surface area contributed by atoms with Gasteiger partial charge in [0.1, 0.15) is 6.04 Å². The molecule has 0 unspecified atom stereocenters. The molecular weight excluding hydrogens is 386 g/mol. The first kappa shape index (κ1) is 19.3. The van der Waals surface area contributed by atoms with E-state index in [2.05, 4.69) is 16.4 Å². The van der Waals surface area contributed by atoms with E-state index in [9.17, 15) is 4.79 Å². The van der Waals surface area contributed by atoms with Crippen LogP contribution in [-0.4, -0.2) is 47.7 Å². The number of hydrogen-bond donors (Lipinski definition) is 2. The number of ether oxygens (including phenoxy) is 2. The number of methoxy groups -OCH3 is 2. The van der Waals surface area contributed by atoms with Crippen LogP contribution in [0.4, 0.5) is 0 Å². The van der Waals surface area contributed by atoms with Gasteiger partial charge in [0.2, 0.25) is 0 Å². The fourth-order valence-electron chi connectivity index (χ4n) is 3.95. The molecule has 1 fully saturated rings. The highest BCUT2D eigenvalue weighted by Crippen LogP contribution is 2.41. The van der Waals surface area contributed by atoms with Crippen LogP contribution in [0.25, 0.3) is 10.9 Å². The number of nitrogens with one attached hydrogen (secondary N) is 2. The third-order valence-electron chi connectivity index (χ3n) is 5.39. The Morgan fingerprint density at radius 3 is 2.59 bits per heavy atom. The van der Waals surface area contributed by atoms with E-state index in [0.29, 0.717) is 23.2 Å². The number of amides is 1. The van der Waals surface area contributed by atoms with Gasteiger partial charge in [0.15, 0.2) is 16.6 Å². The minimum atomic E-state index is -0.321. The Balaban J connectivity index is 1.87. The number of thiocarbonyl (C=S) groups is 1. The number of carbonyl (C=O) groups excluding carboxylic acids is 1. The first-order valence-electron chi connectivity index (χ1n) is 9.44. The second-order valence-electron chi connectivity index (χ2n) is 7.04. The van der Waals surface area contributed by atoms with Crippen molar-refractivity contribution in [3.63, 3.8) is 0 Å². The summed E-state index contributed by atoms with van der Waals surface area (Å²) in [4.78, 5) is 17.7. The normalized spacial score (nSPS) is 17.5. The molecule has 2 N–H and O–H groups in total. The second-order valence-corrected chi connectivity index (χ2v) is 7.43. The third kappa shape index (κ3) is 3.31. The average molecular weight is 410 g/mol. The van der Waals surface area contributed by atoms with Crippen molar-refractivity contribution in [2.24, 2.45) is 0 Å². The van der Waals surface area contributed by atoms with Gasteiger partial charge in [-0.15, -0.1) is 0 Å². The molecule has 2 aromatic carbocycles. The smallest absolute Gasteiger partial charge is 0.251 e. The zero-order chi connectivity index (χ0) is 20.5. The molecule has 6 nitrogen and oxygen atoms in total. The van der Waals surface area contributed by atoms with Crippen LogP contribution in [0, 0.1) is 0 Å². The monoisotopic (exact) mass is 409 g/mol. The maximum absolute atomic E-state index is 12.7. The van der Waals surface area contributed by atoms with Gasteiger partial charge in [-0.2, -0.15) is 0 Å². The van der Waals surface area contributed by atoms with Crippen LogP contribution in [0.5, 0.6) is 11.5 Å². The molecule has 1 saturated heterocycles. The number of aromatic nitrogens is 1. The van der Waals surface area contributed by atoms with E-state index in [4.69, 9.17) is 21.7 Å². The van der Waals surface area contributed by atoms with Crippen molar-refractivity contribution >= 4 is 34.1 Å². The summed E-state index contributed by atoms with van der Waals surface area (Å²) in [6.45, 7) is 2.22. The Morgan fingerprint density at radius 1 is 1.10 bits per heavy atom. The van der Waals surface area contributed by atoms with Crippen LogP contribution in [-0.2, 0) is 4.79 Å². The standard InChI is InChI=1S/C22H23N3O3S/c1-13-21(26)25(22(29)24-13)12-17(15-8-6-10-19(27-2)20(15)28-3)16-11-23-18-9-5-4-7-14(16)18/h4-11,13,17,23H,12H2,1-3H3,(H,24,29)/t13-,17+/m1/s1. The molecule has 3 aromatic rings. The van der Waals surface area contributed by atoms with Gasteiger partial charge in [-0.05, 0) is 36.8 Å². The van der Waals surface area contributed by atoms with Crippen LogP contribution < -0.4 is 14.8 Å². The molecule has 1 aliphatic rings. The van der Waals surface area contributed by atoms with Crippen LogP contribution in [0.1, 0.15) is 24.0 Å². The number of H-pyrrole nitrogens is 1. The van der Waals surface area contributed by atoms with Gasteiger partial charge < -0.3 is 19.8 Å². The number of rotatable bonds is 6. The van der Waals surface area contributed by atoms with Crippen molar-refractivity contribution in [2.45, 2.75) is 18.9 Å². The minimum Gasteiger partial charge on any atom is -0.493 e. The summed E-state index contributed by atoms with van der Waals surface area (Å²) in [6, 6.07) is 13.6. The lowest BCUT2D eigenvalue weighted by atomic mass is 9.89. The molecule has 0 aliphatic carbocycles. The molecule has 7 heteroatoms. The van der Waals surface area contributed by atoms with Gasteiger partial charge in [-0.3, -0.25) is 9.69 Å². The van der Waals surface area contributed by atoms with Crippen molar-refractivity contribution in [1.29, 1.82) is 0 Å². The zero-order valence-electron chi connectivity index (χ0n) is 16.6. The molecule has 0 spiro atoms. The molecule has 29 heavy (non-hydrogen) atoms. The number of hydrogen-bond acceptors (Lipinski definition) is 4. The van der Waals surface area contributed by atoms with Crippen LogP contribution in [0.15, 0.2) is 48.7 Å². The van der Waals surface area contributed by atoms with Crippen molar-refractivity contribution < 1.29 is 14.3 Å². The molecule has 4 rings (SSSR count). The van der Waals surface area contributed by atoms with Crippen molar-refractivity contribution in [3.8, 4) is 11.5 Å². The van der Waals surface area contributed by atoms with Gasteiger partial charge >= 0.3 is 0 Å². The molecule has 1 aliphatic heterocycles. The van der Waals surface area contributed by atoms with E-state index >= 15 is 0 Å². The Hall–Kier alpha value is -3.06. The molecule has 0 radical (unpaired) electrons. The van der Waals surface area contributed by atoms with Gasteiger partial charge in [0.25, 0.3) is 5.91 Å². The Kier molecular flexibility index (Phi) is 5.15. The predicted octanol–water partition coefficient (Wildman–Crippen LogP) is 3.42. The van der Waals surface area contributed by atoms with Crippen LogP contribution in [0.3, 0.4) is 0 Å². The van der Waals surface area contributed by atoms with Crippen LogP contribution >= 0.6 is 12.2 Å². The van der Waals surface area contributed by atoms with Gasteiger partial charge in [0.05, 0.1) is 14.2 Å². The number of aromatic amines is 1. The molecule has 1 aromatic heterocycles. The van der Waals surface area contributed by atoms with Gasteiger partial charge in [-0.1, -0.05) is 30.3 Å². The molecule has 2 heterocycles. The second kappa shape index (κ2) is 7.75. The molecule has 150 valence electrons. The number of carbonyl (C=O) groups is 1. The summed E-state index contributed by atoms with van der Waals surface area (Å²) < 4.78 is 11.2. The number of fused-ring (bicyclic) bond motifs is 1. The van der Waals surface area contributed by atoms with Crippen molar-refractivity contribution in [2.75, 3.05) is 20.8 Å². The maximum atomic E-state index is 12.7. The quantitative estimate of drug-likeness (QED) is 0.611. The molecule has 2 atom stereocenters. The molecule has 0 bridgehead atoms. The summed E-state index contributed by atoms with van der Waals surface area (Å²) in [5.41, 5.74) is 3.05. The first-order valence-corrected chi connectivity index (χ1v) is 9.84. The Labute approximate surface area is 174 Å². The lowest BCUT2D eigenvalue weighted by Gasteiger charge is -2.25. The topological polar surface area (TPSA) is 66.6 Å². The van der Waals surface area contributed by atoms with Crippen molar-refractivity contribution in [3.05, 3.63) is 59.8 Å². The summed E-state index contributed by atoms with van der Waals surface area (Å²) >= 11 is 5.43. The van der Waals surface area contributed by atoms with E-state index < -0.39 is 0 Å². The fraction of sp³-hybridized carbons (Fsp3) is 0.273. The van der Waals surface area contributed by atoms with Gasteiger partial charge in [-0.25, -0.2) is 0 Å².